The predicted molar refractivity (Wildman–Crippen MR) is 87.1 cm³/mol. The Bertz CT molecular complexity index is 594. The Hall–Kier alpha value is -1.92. The number of aromatic nitrogens is 2. The van der Waals surface area contributed by atoms with Gasteiger partial charge in [-0.3, -0.25) is 9.59 Å². The van der Waals surface area contributed by atoms with E-state index >= 15 is 0 Å². The van der Waals surface area contributed by atoms with Crippen LogP contribution in [0.2, 0.25) is 0 Å². The van der Waals surface area contributed by atoms with Crippen molar-refractivity contribution in [3.63, 3.8) is 0 Å². The fraction of sp³-hybridized carbons (Fsp3) is 0.765. The Morgan fingerprint density at radius 1 is 1.29 bits per heavy atom. The van der Waals surface area contributed by atoms with E-state index in [1.165, 1.54) is 0 Å². The topological polar surface area (TPSA) is 79.5 Å². The van der Waals surface area contributed by atoms with E-state index in [0.717, 1.165) is 38.6 Å². The highest BCUT2D eigenvalue weighted by molar-refractivity contribution is 5.80. The van der Waals surface area contributed by atoms with Crippen molar-refractivity contribution >= 4 is 11.8 Å². The first kappa shape index (κ1) is 16.9. The highest BCUT2D eigenvalue weighted by Crippen LogP contribution is 2.28. The molecule has 0 aromatic carbocycles. The molecular weight excluding hydrogens is 308 g/mol. The summed E-state index contributed by atoms with van der Waals surface area (Å²) in [6.07, 6.45) is 5.79. The standard InChI is InChI=1S/C17H26N4O3/c1-12-18-16(19-24-12)8-10-21(13(2)22)15-7-9-20(11-15)17(23)14-5-3-4-6-14/h14-15H,3-11H2,1-2H3. The Balaban J connectivity index is 1.56. The molecular formula is C17H26N4O3. The van der Waals surface area contributed by atoms with Crippen LogP contribution in [0.25, 0.3) is 0 Å². The van der Waals surface area contributed by atoms with Crippen LogP contribution in [-0.4, -0.2) is 57.4 Å². The van der Waals surface area contributed by atoms with E-state index in [4.69, 9.17) is 4.52 Å². The molecule has 2 fully saturated rings. The van der Waals surface area contributed by atoms with Crippen molar-refractivity contribution < 1.29 is 14.1 Å². The molecule has 1 aromatic heterocycles. The molecule has 2 aliphatic rings. The molecule has 7 nitrogen and oxygen atoms in total. The molecule has 0 N–H and O–H groups in total. The van der Waals surface area contributed by atoms with Crippen LogP contribution in [0.1, 0.15) is 50.7 Å². The van der Waals surface area contributed by atoms with Crippen LogP contribution in [0.15, 0.2) is 4.52 Å². The molecule has 0 bridgehead atoms. The molecule has 1 aromatic rings. The Kier molecular flexibility index (Phi) is 5.16. The van der Waals surface area contributed by atoms with Gasteiger partial charge in [-0.2, -0.15) is 4.98 Å². The van der Waals surface area contributed by atoms with Gasteiger partial charge in [0.2, 0.25) is 17.7 Å². The summed E-state index contributed by atoms with van der Waals surface area (Å²) in [6, 6.07) is 0.0980. The van der Waals surface area contributed by atoms with Crippen LogP contribution >= 0.6 is 0 Å². The van der Waals surface area contributed by atoms with Gasteiger partial charge in [0, 0.05) is 45.8 Å². The van der Waals surface area contributed by atoms with E-state index < -0.39 is 0 Å². The van der Waals surface area contributed by atoms with Gasteiger partial charge in [-0.25, -0.2) is 0 Å². The van der Waals surface area contributed by atoms with Crippen molar-refractivity contribution in [1.29, 1.82) is 0 Å². The van der Waals surface area contributed by atoms with E-state index in [2.05, 4.69) is 10.1 Å². The van der Waals surface area contributed by atoms with Gasteiger partial charge < -0.3 is 14.3 Å². The summed E-state index contributed by atoms with van der Waals surface area (Å²) >= 11 is 0. The second-order valence-electron chi connectivity index (χ2n) is 6.90. The van der Waals surface area contributed by atoms with Crippen LogP contribution in [-0.2, 0) is 16.0 Å². The molecule has 132 valence electrons. The SMILES string of the molecule is CC(=O)N(CCc1noc(C)n1)C1CCN(C(=O)C2CCCC2)C1. The van der Waals surface area contributed by atoms with E-state index in [1.54, 1.807) is 13.8 Å². The van der Waals surface area contributed by atoms with E-state index in [0.29, 0.717) is 31.2 Å². The number of hydrogen-bond acceptors (Lipinski definition) is 5. The fourth-order valence-corrected chi connectivity index (χ4v) is 3.89. The largest absolute Gasteiger partial charge is 0.340 e. The molecule has 1 saturated carbocycles. The first-order chi connectivity index (χ1) is 11.5. The Morgan fingerprint density at radius 3 is 2.67 bits per heavy atom. The van der Waals surface area contributed by atoms with Gasteiger partial charge in [0.05, 0.1) is 6.04 Å². The molecule has 1 unspecified atom stereocenters. The molecule has 1 aliphatic heterocycles. The van der Waals surface area contributed by atoms with Gasteiger partial charge in [0.1, 0.15) is 0 Å². The third kappa shape index (κ3) is 3.76. The number of carbonyl (C=O) groups excluding carboxylic acids is 2. The molecule has 7 heteroatoms. The zero-order valence-electron chi connectivity index (χ0n) is 14.5. The zero-order valence-corrected chi connectivity index (χ0v) is 14.5. The summed E-state index contributed by atoms with van der Waals surface area (Å²) in [5.41, 5.74) is 0. The van der Waals surface area contributed by atoms with Gasteiger partial charge in [-0.1, -0.05) is 18.0 Å². The number of nitrogens with zero attached hydrogens (tertiary/aromatic N) is 4. The summed E-state index contributed by atoms with van der Waals surface area (Å²) in [7, 11) is 0. The van der Waals surface area contributed by atoms with Crippen LogP contribution in [0.3, 0.4) is 0 Å². The van der Waals surface area contributed by atoms with Crippen LogP contribution in [0, 0.1) is 12.8 Å². The van der Waals surface area contributed by atoms with Crippen molar-refractivity contribution in [2.24, 2.45) is 5.92 Å². The van der Waals surface area contributed by atoms with Gasteiger partial charge >= 0.3 is 0 Å². The Morgan fingerprint density at radius 2 is 2.04 bits per heavy atom. The maximum Gasteiger partial charge on any atom is 0.225 e. The summed E-state index contributed by atoms with van der Waals surface area (Å²) < 4.78 is 4.97. The molecule has 0 spiro atoms. The molecule has 0 radical (unpaired) electrons. The minimum atomic E-state index is 0.0374. The highest BCUT2D eigenvalue weighted by atomic mass is 16.5. The predicted octanol–water partition coefficient (Wildman–Crippen LogP) is 1.56. The first-order valence-corrected chi connectivity index (χ1v) is 8.90. The molecule has 2 amide bonds. The number of amides is 2. The van der Waals surface area contributed by atoms with E-state index in [1.807, 2.05) is 9.80 Å². The number of likely N-dealkylation sites (tertiary alicyclic amines) is 1. The Labute approximate surface area is 142 Å². The molecule has 3 rings (SSSR count). The number of carbonyl (C=O) groups is 2. The maximum atomic E-state index is 12.6. The van der Waals surface area contributed by atoms with Crippen LogP contribution < -0.4 is 0 Å². The monoisotopic (exact) mass is 334 g/mol. The quantitative estimate of drug-likeness (QED) is 0.816. The second-order valence-corrected chi connectivity index (χ2v) is 6.90. The normalized spacial score (nSPS) is 21.4. The van der Waals surface area contributed by atoms with E-state index in [9.17, 15) is 9.59 Å². The number of aryl methyl sites for hydroxylation is 1. The average molecular weight is 334 g/mol. The molecule has 1 aliphatic carbocycles. The van der Waals surface area contributed by atoms with Crippen molar-refractivity contribution in [2.75, 3.05) is 19.6 Å². The van der Waals surface area contributed by atoms with Gasteiger partial charge in [-0.05, 0) is 19.3 Å². The molecule has 24 heavy (non-hydrogen) atoms. The summed E-state index contributed by atoms with van der Waals surface area (Å²) in [5, 5.41) is 3.88. The van der Waals surface area contributed by atoms with E-state index in [-0.39, 0.29) is 23.8 Å². The lowest BCUT2D eigenvalue weighted by atomic mass is 10.1. The zero-order chi connectivity index (χ0) is 17.1. The van der Waals surface area contributed by atoms with Gasteiger partial charge in [0.15, 0.2) is 5.82 Å². The average Bonchev–Trinajstić information content (AvgIpc) is 3.28. The molecule has 1 atom stereocenters. The van der Waals surface area contributed by atoms with Crippen molar-refractivity contribution in [3.8, 4) is 0 Å². The summed E-state index contributed by atoms with van der Waals surface area (Å²) in [4.78, 5) is 32.6. The number of hydrogen-bond donors (Lipinski definition) is 0. The minimum Gasteiger partial charge on any atom is -0.340 e. The van der Waals surface area contributed by atoms with Crippen LogP contribution in [0.4, 0.5) is 0 Å². The smallest absolute Gasteiger partial charge is 0.225 e. The van der Waals surface area contributed by atoms with Crippen molar-refractivity contribution in [1.82, 2.24) is 19.9 Å². The highest BCUT2D eigenvalue weighted by Gasteiger charge is 2.35. The maximum absolute atomic E-state index is 12.6. The second kappa shape index (κ2) is 7.32. The third-order valence-electron chi connectivity index (χ3n) is 5.17. The third-order valence-corrected chi connectivity index (χ3v) is 5.17. The lowest BCUT2D eigenvalue weighted by Crippen LogP contribution is -2.43. The number of rotatable bonds is 5. The summed E-state index contributed by atoms with van der Waals surface area (Å²) in [5.74, 6) is 1.68. The minimum absolute atomic E-state index is 0.0374. The molecule has 2 heterocycles. The van der Waals surface area contributed by atoms with Crippen molar-refractivity contribution in [3.05, 3.63) is 11.7 Å². The lowest BCUT2D eigenvalue weighted by molar-refractivity contribution is -0.136. The first-order valence-electron chi connectivity index (χ1n) is 8.90. The van der Waals surface area contributed by atoms with Crippen LogP contribution in [0.5, 0.6) is 0 Å². The molecule has 1 saturated heterocycles. The van der Waals surface area contributed by atoms with Gasteiger partial charge in [0.25, 0.3) is 0 Å². The summed E-state index contributed by atoms with van der Waals surface area (Å²) in [6.45, 7) is 5.31. The fourth-order valence-electron chi connectivity index (χ4n) is 3.89. The van der Waals surface area contributed by atoms with Gasteiger partial charge in [-0.15, -0.1) is 0 Å². The lowest BCUT2D eigenvalue weighted by Gasteiger charge is -2.28. The van der Waals surface area contributed by atoms with Crippen molar-refractivity contribution in [2.45, 2.75) is 58.4 Å².